The van der Waals surface area contributed by atoms with Crippen molar-refractivity contribution < 1.29 is 0 Å². The lowest BCUT2D eigenvalue weighted by atomic mass is 10.4. The zero-order valence-corrected chi connectivity index (χ0v) is 10.6. The van der Waals surface area contributed by atoms with Gasteiger partial charge in [0.25, 0.3) is 5.56 Å². The summed E-state index contributed by atoms with van der Waals surface area (Å²) in [5.41, 5.74) is 6.23. The molecule has 2 aromatic heterocycles. The van der Waals surface area contributed by atoms with E-state index in [-0.39, 0.29) is 5.56 Å². The minimum absolute atomic E-state index is 0.0197. The summed E-state index contributed by atoms with van der Waals surface area (Å²) in [7, 11) is 0. The van der Waals surface area contributed by atoms with E-state index in [4.69, 9.17) is 5.73 Å². The fourth-order valence-corrected chi connectivity index (χ4v) is 2.25. The molecule has 0 radical (unpaired) electrons. The van der Waals surface area contributed by atoms with Crippen molar-refractivity contribution in [3.8, 4) is 0 Å². The molecule has 0 atom stereocenters. The van der Waals surface area contributed by atoms with Crippen LogP contribution in [0.4, 0.5) is 5.69 Å². The molecule has 0 amide bonds. The Bertz CT molecular complexity index is 556. The van der Waals surface area contributed by atoms with Crippen molar-refractivity contribution in [1.29, 1.82) is 0 Å². The van der Waals surface area contributed by atoms with Gasteiger partial charge in [0.1, 0.15) is 5.03 Å². The zero-order chi connectivity index (χ0) is 12.8. The molecule has 2 heterocycles. The van der Waals surface area contributed by atoms with Crippen LogP contribution in [0.25, 0.3) is 0 Å². The highest BCUT2D eigenvalue weighted by Crippen LogP contribution is 2.14. The van der Waals surface area contributed by atoms with Crippen LogP contribution in [-0.2, 0) is 6.54 Å². The lowest BCUT2D eigenvalue weighted by Gasteiger charge is -2.05. The van der Waals surface area contributed by atoms with Crippen molar-refractivity contribution in [2.45, 2.75) is 18.0 Å². The summed E-state index contributed by atoms with van der Waals surface area (Å²) in [5.74, 6) is 0.889. The van der Waals surface area contributed by atoms with E-state index in [2.05, 4.69) is 9.97 Å². The standard InChI is InChI=1S/C12H14N4OS/c13-10-2-3-12(17)16(9-10)6-1-7-18-11-8-14-4-5-15-11/h2-5,8-9H,1,6-7,13H2. The number of nitrogen functional groups attached to an aromatic ring is 1. The SMILES string of the molecule is Nc1ccc(=O)n(CCCSc2cnccn2)c1. The second-order valence-electron chi connectivity index (χ2n) is 3.74. The largest absolute Gasteiger partial charge is 0.398 e. The lowest BCUT2D eigenvalue weighted by molar-refractivity contribution is 0.660. The molecule has 5 nitrogen and oxygen atoms in total. The van der Waals surface area contributed by atoms with Crippen LogP contribution in [0.15, 0.2) is 46.7 Å². The average molecular weight is 262 g/mol. The minimum atomic E-state index is -0.0197. The van der Waals surface area contributed by atoms with E-state index in [1.807, 2.05) is 0 Å². The Kier molecular flexibility index (Phi) is 4.35. The molecule has 0 saturated carbocycles. The predicted octanol–water partition coefficient (Wildman–Crippen LogP) is 1.40. The number of anilines is 1. The van der Waals surface area contributed by atoms with Crippen LogP contribution < -0.4 is 11.3 Å². The molecule has 0 aliphatic rings. The number of hydrogen-bond acceptors (Lipinski definition) is 5. The molecule has 0 saturated heterocycles. The predicted molar refractivity (Wildman–Crippen MR) is 72.5 cm³/mol. The third-order valence-electron chi connectivity index (χ3n) is 2.34. The van der Waals surface area contributed by atoms with E-state index < -0.39 is 0 Å². The highest BCUT2D eigenvalue weighted by Gasteiger charge is 1.98. The van der Waals surface area contributed by atoms with Crippen molar-refractivity contribution >= 4 is 17.4 Å². The van der Waals surface area contributed by atoms with E-state index in [0.29, 0.717) is 12.2 Å². The molecule has 0 bridgehead atoms. The van der Waals surface area contributed by atoms with Gasteiger partial charge >= 0.3 is 0 Å². The van der Waals surface area contributed by atoms with Crippen molar-refractivity contribution in [2.75, 3.05) is 11.5 Å². The maximum atomic E-state index is 11.5. The van der Waals surface area contributed by atoms with Crippen molar-refractivity contribution in [2.24, 2.45) is 0 Å². The van der Waals surface area contributed by atoms with E-state index >= 15 is 0 Å². The summed E-state index contributed by atoms with van der Waals surface area (Å²) >= 11 is 1.63. The number of pyridine rings is 1. The Morgan fingerprint density at radius 2 is 2.22 bits per heavy atom. The molecule has 94 valence electrons. The van der Waals surface area contributed by atoms with Crippen molar-refractivity contribution in [1.82, 2.24) is 14.5 Å². The van der Waals surface area contributed by atoms with Crippen LogP contribution in [0.1, 0.15) is 6.42 Å². The molecule has 0 unspecified atom stereocenters. The Morgan fingerprint density at radius 1 is 1.33 bits per heavy atom. The summed E-state index contributed by atoms with van der Waals surface area (Å²) in [6.45, 7) is 0.664. The number of hydrogen-bond donors (Lipinski definition) is 1. The zero-order valence-electron chi connectivity index (χ0n) is 9.82. The van der Waals surface area contributed by atoms with Gasteiger partial charge in [-0.15, -0.1) is 11.8 Å². The third-order valence-corrected chi connectivity index (χ3v) is 3.34. The normalized spacial score (nSPS) is 10.4. The molecule has 0 aliphatic heterocycles. The van der Waals surface area contributed by atoms with Gasteiger partial charge in [0.05, 0.1) is 6.20 Å². The van der Waals surface area contributed by atoms with E-state index in [1.165, 1.54) is 6.07 Å². The molecule has 0 aliphatic carbocycles. The van der Waals surface area contributed by atoms with E-state index in [9.17, 15) is 4.79 Å². The third kappa shape index (κ3) is 3.59. The molecule has 2 rings (SSSR count). The van der Waals surface area contributed by atoms with Crippen LogP contribution in [0, 0.1) is 0 Å². The molecule has 6 heteroatoms. The molecule has 18 heavy (non-hydrogen) atoms. The highest BCUT2D eigenvalue weighted by atomic mass is 32.2. The number of aromatic nitrogens is 3. The van der Waals surface area contributed by atoms with Gasteiger partial charge in [0.2, 0.25) is 0 Å². The fraction of sp³-hybridized carbons (Fsp3) is 0.250. The lowest BCUT2D eigenvalue weighted by Crippen LogP contribution is -2.19. The first-order valence-electron chi connectivity index (χ1n) is 5.60. The molecule has 0 aromatic carbocycles. The monoisotopic (exact) mass is 262 g/mol. The minimum Gasteiger partial charge on any atom is -0.398 e. The maximum absolute atomic E-state index is 11.5. The second-order valence-corrected chi connectivity index (χ2v) is 4.85. The van der Waals surface area contributed by atoms with Crippen molar-refractivity contribution in [3.05, 3.63) is 47.3 Å². The summed E-state index contributed by atoms with van der Waals surface area (Å²) in [6.07, 6.45) is 7.61. The van der Waals surface area contributed by atoms with Crippen molar-refractivity contribution in [3.63, 3.8) is 0 Å². The van der Waals surface area contributed by atoms with Gasteiger partial charge in [0, 0.05) is 42.6 Å². The summed E-state index contributed by atoms with van der Waals surface area (Å²) in [4.78, 5) is 19.7. The maximum Gasteiger partial charge on any atom is 0.250 e. The fourth-order valence-electron chi connectivity index (χ4n) is 1.50. The highest BCUT2D eigenvalue weighted by molar-refractivity contribution is 7.99. The topological polar surface area (TPSA) is 73.8 Å². The number of nitrogens with two attached hydrogens (primary N) is 1. The Hall–Kier alpha value is -1.82. The molecule has 0 spiro atoms. The number of rotatable bonds is 5. The molecule has 2 aromatic rings. The molecular formula is C12H14N4OS. The van der Waals surface area contributed by atoms with Gasteiger partial charge in [-0.3, -0.25) is 9.78 Å². The average Bonchev–Trinajstić information content (AvgIpc) is 2.40. The van der Waals surface area contributed by atoms with Crippen LogP contribution in [0.5, 0.6) is 0 Å². The van der Waals surface area contributed by atoms with Crippen LogP contribution in [0.3, 0.4) is 0 Å². The van der Waals surface area contributed by atoms with Crippen LogP contribution in [0.2, 0.25) is 0 Å². The van der Waals surface area contributed by atoms with Crippen LogP contribution >= 0.6 is 11.8 Å². The smallest absolute Gasteiger partial charge is 0.250 e. The first kappa shape index (κ1) is 12.6. The summed E-state index contributed by atoms with van der Waals surface area (Å²) < 4.78 is 1.63. The number of thioether (sulfide) groups is 1. The second kappa shape index (κ2) is 6.20. The molecule has 2 N–H and O–H groups in total. The quantitative estimate of drug-likeness (QED) is 0.651. The summed E-state index contributed by atoms with van der Waals surface area (Å²) in [5, 5.41) is 0.900. The Labute approximate surface area is 109 Å². The molecule has 0 fully saturated rings. The van der Waals surface area contributed by atoms with Gasteiger partial charge in [-0.2, -0.15) is 0 Å². The van der Waals surface area contributed by atoms with Gasteiger partial charge in [-0.05, 0) is 12.5 Å². The summed E-state index contributed by atoms with van der Waals surface area (Å²) in [6, 6.07) is 3.11. The van der Waals surface area contributed by atoms with E-state index in [0.717, 1.165) is 17.2 Å². The van der Waals surface area contributed by atoms with Gasteiger partial charge < -0.3 is 10.3 Å². The Balaban J connectivity index is 1.82. The van der Waals surface area contributed by atoms with Gasteiger partial charge in [-0.1, -0.05) is 0 Å². The van der Waals surface area contributed by atoms with Gasteiger partial charge in [0.15, 0.2) is 0 Å². The van der Waals surface area contributed by atoms with Crippen LogP contribution in [-0.4, -0.2) is 20.3 Å². The number of aryl methyl sites for hydroxylation is 1. The van der Waals surface area contributed by atoms with E-state index in [1.54, 1.807) is 47.2 Å². The van der Waals surface area contributed by atoms with Gasteiger partial charge in [-0.25, -0.2) is 4.98 Å². The first-order chi connectivity index (χ1) is 8.75. The number of nitrogens with zero attached hydrogens (tertiary/aromatic N) is 3. The molecular weight excluding hydrogens is 248 g/mol. The Morgan fingerprint density at radius 3 is 3.00 bits per heavy atom. The first-order valence-corrected chi connectivity index (χ1v) is 6.59.